The Labute approximate surface area is 155 Å². The van der Waals surface area contributed by atoms with Gasteiger partial charge in [0, 0.05) is 12.1 Å². The molecule has 0 bridgehead atoms. The fourth-order valence-corrected chi connectivity index (χ4v) is 4.57. The van der Waals surface area contributed by atoms with E-state index in [1.807, 2.05) is 0 Å². The number of halogens is 1. The van der Waals surface area contributed by atoms with E-state index in [2.05, 4.69) is 14.8 Å². The maximum absolute atomic E-state index is 12.7. The van der Waals surface area contributed by atoms with E-state index in [-0.39, 0.29) is 34.8 Å². The Bertz CT molecular complexity index is 778. The molecule has 0 spiro atoms. The lowest BCUT2D eigenvalue weighted by Crippen LogP contribution is -2.42. The average molecular weight is 414 g/mol. The molecule has 1 aliphatic rings. The van der Waals surface area contributed by atoms with Crippen LogP contribution in [0.3, 0.4) is 0 Å². The standard InChI is InChI=1S/C14H23N3O5S2.ClH/c1-3-23(18,19)17-13-10-12(22-2)4-5-14(13)24(20,21)16-11-6-8-15-9-7-11;/h4-5,10-11,15-17H,3,6-9H2,1-2H3;1H. The molecular formula is C14H24ClN3O5S2. The molecule has 2 rings (SSSR count). The Balaban J connectivity index is 0.00000312. The van der Waals surface area contributed by atoms with Gasteiger partial charge in [-0.3, -0.25) is 4.72 Å². The zero-order valence-corrected chi connectivity index (χ0v) is 16.6. The number of anilines is 1. The molecule has 1 aromatic rings. The van der Waals surface area contributed by atoms with Crippen LogP contribution in [-0.4, -0.2) is 48.8 Å². The number of nitrogens with one attached hydrogen (secondary N) is 3. The predicted octanol–water partition coefficient (Wildman–Crippen LogP) is 0.909. The molecule has 0 amide bonds. The average Bonchev–Trinajstić information content (AvgIpc) is 2.54. The van der Waals surface area contributed by atoms with Gasteiger partial charge in [-0.1, -0.05) is 0 Å². The molecule has 3 N–H and O–H groups in total. The summed E-state index contributed by atoms with van der Waals surface area (Å²) in [5.41, 5.74) is -0.0161. The highest BCUT2D eigenvalue weighted by Crippen LogP contribution is 2.28. The third kappa shape index (κ3) is 6.00. The summed E-state index contributed by atoms with van der Waals surface area (Å²) in [7, 11) is -6.05. The SMILES string of the molecule is CCS(=O)(=O)Nc1cc(OC)ccc1S(=O)(=O)NC1CCNCC1.Cl. The second kappa shape index (κ2) is 9.04. The molecule has 0 radical (unpaired) electrons. The number of hydrogen-bond donors (Lipinski definition) is 3. The van der Waals surface area contributed by atoms with Gasteiger partial charge in [-0.25, -0.2) is 21.6 Å². The van der Waals surface area contributed by atoms with Crippen LogP contribution in [0.4, 0.5) is 5.69 Å². The van der Waals surface area contributed by atoms with Crippen LogP contribution in [0.5, 0.6) is 5.75 Å². The number of piperidine rings is 1. The minimum absolute atomic E-state index is 0. The molecule has 1 heterocycles. The smallest absolute Gasteiger partial charge is 0.242 e. The fraction of sp³-hybridized carbons (Fsp3) is 0.571. The Morgan fingerprint density at radius 3 is 2.40 bits per heavy atom. The van der Waals surface area contributed by atoms with Gasteiger partial charge in [-0.2, -0.15) is 0 Å². The molecule has 144 valence electrons. The third-order valence-electron chi connectivity index (χ3n) is 3.78. The number of methoxy groups -OCH3 is 1. The van der Waals surface area contributed by atoms with Crippen molar-refractivity contribution >= 4 is 38.1 Å². The molecule has 1 aliphatic heterocycles. The van der Waals surface area contributed by atoms with Crippen molar-refractivity contribution in [3.05, 3.63) is 18.2 Å². The van der Waals surface area contributed by atoms with Gasteiger partial charge in [-0.15, -0.1) is 12.4 Å². The first-order valence-corrected chi connectivity index (χ1v) is 10.8. The molecule has 25 heavy (non-hydrogen) atoms. The molecule has 0 aliphatic carbocycles. The molecule has 0 atom stereocenters. The Kier molecular flexibility index (Phi) is 7.94. The summed E-state index contributed by atoms with van der Waals surface area (Å²) in [5.74, 6) is 0.204. The van der Waals surface area contributed by atoms with Crippen LogP contribution in [0.15, 0.2) is 23.1 Å². The number of benzene rings is 1. The summed E-state index contributed by atoms with van der Waals surface area (Å²) < 4.78 is 59.1. The second-order valence-corrected chi connectivity index (χ2v) is 9.21. The summed E-state index contributed by atoms with van der Waals surface area (Å²) in [6.45, 7) is 2.96. The largest absolute Gasteiger partial charge is 0.497 e. The number of rotatable bonds is 7. The summed E-state index contributed by atoms with van der Waals surface area (Å²) in [4.78, 5) is -0.112. The number of sulfonamides is 2. The monoisotopic (exact) mass is 413 g/mol. The Hall–Kier alpha value is -1.07. The fourth-order valence-electron chi connectivity index (χ4n) is 2.41. The van der Waals surface area contributed by atoms with E-state index < -0.39 is 20.0 Å². The molecule has 0 unspecified atom stereocenters. The first-order valence-electron chi connectivity index (χ1n) is 7.69. The minimum atomic E-state index is -3.86. The van der Waals surface area contributed by atoms with E-state index in [1.54, 1.807) is 0 Å². The van der Waals surface area contributed by atoms with Gasteiger partial charge in [0.05, 0.1) is 18.6 Å². The van der Waals surface area contributed by atoms with Gasteiger partial charge < -0.3 is 10.1 Å². The van der Waals surface area contributed by atoms with Crippen LogP contribution in [0.1, 0.15) is 19.8 Å². The van der Waals surface area contributed by atoms with Crippen molar-refractivity contribution in [1.29, 1.82) is 0 Å². The van der Waals surface area contributed by atoms with Crippen LogP contribution < -0.4 is 19.5 Å². The van der Waals surface area contributed by atoms with Gasteiger partial charge in [0.2, 0.25) is 20.0 Å². The zero-order chi connectivity index (χ0) is 17.8. The molecule has 0 saturated carbocycles. The summed E-state index contributed by atoms with van der Waals surface area (Å²) in [6, 6.07) is 4.02. The van der Waals surface area contributed by atoms with Crippen LogP contribution in [0, 0.1) is 0 Å². The Morgan fingerprint density at radius 1 is 1.20 bits per heavy atom. The molecule has 11 heteroatoms. The highest BCUT2D eigenvalue weighted by Gasteiger charge is 2.25. The van der Waals surface area contributed by atoms with E-state index in [1.165, 1.54) is 32.2 Å². The van der Waals surface area contributed by atoms with E-state index in [9.17, 15) is 16.8 Å². The Morgan fingerprint density at radius 2 is 1.84 bits per heavy atom. The lowest BCUT2D eigenvalue weighted by molar-refractivity contribution is 0.414. The van der Waals surface area contributed by atoms with E-state index in [4.69, 9.17) is 4.74 Å². The maximum atomic E-state index is 12.7. The summed E-state index contributed by atoms with van der Waals surface area (Å²) in [6.07, 6.45) is 1.37. The second-order valence-electron chi connectivity index (χ2n) is 5.51. The van der Waals surface area contributed by atoms with Gasteiger partial charge in [0.15, 0.2) is 0 Å². The van der Waals surface area contributed by atoms with Crippen molar-refractivity contribution in [3.8, 4) is 5.75 Å². The van der Waals surface area contributed by atoms with Gasteiger partial charge >= 0.3 is 0 Å². The van der Waals surface area contributed by atoms with Gasteiger partial charge in [0.25, 0.3) is 0 Å². The van der Waals surface area contributed by atoms with Crippen LogP contribution in [0.2, 0.25) is 0 Å². The van der Waals surface area contributed by atoms with Crippen molar-refractivity contribution in [3.63, 3.8) is 0 Å². The summed E-state index contributed by atoms with van der Waals surface area (Å²) >= 11 is 0. The van der Waals surface area contributed by atoms with E-state index >= 15 is 0 Å². The van der Waals surface area contributed by atoms with Crippen LogP contribution in [-0.2, 0) is 20.0 Å². The minimum Gasteiger partial charge on any atom is -0.497 e. The van der Waals surface area contributed by atoms with Crippen LogP contribution in [0.25, 0.3) is 0 Å². The third-order valence-corrected chi connectivity index (χ3v) is 6.65. The quantitative estimate of drug-likeness (QED) is 0.612. The molecule has 1 saturated heterocycles. The van der Waals surface area contributed by atoms with E-state index in [0.717, 1.165) is 13.1 Å². The topological polar surface area (TPSA) is 114 Å². The van der Waals surface area contributed by atoms with Crippen LogP contribution >= 0.6 is 12.4 Å². The molecule has 1 aromatic carbocycles. The normalized spacial score (nSPS) is 16.1. The highest BCUT2D eigenvalue weighted by molar-refractivity contribution is 7.93. The van der Waals surface area contributed by atoms with Crippen molar-refractivity contribution in [2.45, 2.75) is 30.7 Å². The summed E-state index contributed by atoms with van der Waals surface area (Å²) in [5, 5.41) is 3.16. The predicted molar refractivity (Wildman–Crippen MR) is 99.5 cm³/mol. The first kappa shape index (κ1) is 22.0. The highest BCUT2D eigenvalue weighted by atomic mass is 35.5. The van der Waals surface area contributed by atoms with Crippen molar-refractivity contribution in [2.24, 2.45) is 0 Å². The van der Waals surface area contributed by atoms with Crippen molar-refractivity contribution in [2.75, 3.05) is 30.7 Å². The molecule has 1 fully saturated rings. The molecule has 8 nitrogen and oxygen atoms in total. The maximum Gasteiger partial charge on any atom is 0.242 e. The van der Waals surface area contributed by atoms with E-state index in [0.29, 0.717) is 18.6 Å². The first-order chi connectivity index (χ1) is 11.3. The van der Waals surface area contributed by atoms with Crippen molar-refractivity contribution < 1.29 is 21.6 Å². The lowest BCUT2D eigenvalue weighted by Gasteiger charge is -2.24. The number of ether oxygens (including phenoxy) is 1. The molecular weight excluding hydrogens is 390 g/mol. The number of hydrogen-bond acceptors (Lipinski definition) is 6. The van der Waals surface area contributed by atoms with Gasteiger partial charge in [0.1, 0.15) is 10.6 Å². The zero-order valence-electron chi connectivity index (χ0n) is 14.1. The molecule has 0 aromatic heterocycles. The van der Waals surface area contributed by atoms with Crippen molar-refractivity contribution in [1.82, 2.24) is 10.0 Å². The van der Waals surface area contributed by atoms with Gasteiger partial charge in [-0.05, 0) is 45.0 Å². The lowest BCUT2D eigenvalue weighted by atomic mass is 10.1.